The van der Waals surface area contributed by atoms with Crippen molar-refractivity contribution >= 4 is 23.5 Å². The summed E-state index contributed by atoms with van der Waals surface area (Å²) in [5.74, 6) is 0.675. The van der Waals surface area contributed by atoms with Gasteiger partial charge in [0.05, 0.1) is 14.2 Å². The number of hydrogen-bond donors (Lipinski definition) is 1. The maximum absolute atomic E-state index is 11.9. The molecule has 0 unspecified atom stereocenters. The molecular formula is C21H24ClNO6. The summed E-state index contributed by atoms with van der Waals surface area (Å²) >= 11 is 5.97. The highest BCUT2D eigenvalue weighted by Crippen LogP contribution is 2.28. The van der Waals surface area contributed by atoms with Gasteiger partial charge in [-0.25, -0.2) is 4.79 Å². The third-order valence-corrected chi connectivity index (χ3v) is 4.28. The molecule has 0 bridgehead atoms. The van der Waals surface area contributed by atoms with E-state index in [9.17, 15) is 9.59 Å². The first kappa shape index (κ1) is 22.4. The SMILES string of the molecule is COc1ccc(CNC(=O)COC(=O)COc2c(C)cc(Cl)cc2C)cc1OC. The molecule has 0 saturated carbocycles. The summed E-state index contributed by atoms with van der Waals surface area (Å²) in [6, 6.07) is 8.81. The number of ether oxygens (including phenoxy) is 4. The Morgan fingerprint density at radius 2 is 1.62 bits per heavy atom. The van der Waals surface area contributed by atoms with Crippen molar-refractivity contribution in [2.45, 2.75) is 20.4 Å². The van der Waals surface area contributed by atoms with Gasteiger partial charge in [0.1, 0.15) is 5.75 Å². The fourth-order valence-electron chi connectivity index (χ4n) is 2.69. The second-order valence-electron chi connectivity index (χ2n) is 6.28. The molecule has 1 amide bonds. The van der Waals surface area contributed by atoms with Gasteiger partial charge in [-0.3, -0.25) is 4.79 Å². The lowest BCUT2D eigenvalue weighted by atomic mass is 10.1. The predicted molar refractivity (Wildman–Crippen MR) is 109 cm³/mol. The molecule has 7 nitrogen and oxygen atoms in total. The van der Waals surface area contributed by atoms with Crippen molar-refractivity contribution in [3.05, 3.63) is 52.0 Å². The number of nitrogens with one attached hydrogen (secondary N) is 1. The first-order chi connectivity index (χ1) is 13.8. The molecule has 0 aliphatic heterocycles. The van der Waals surface area contributed by atoms with Crippen molar-refractivity contribution in [2.75, 3.05) is 27.4 Å². The number of benzene rings is 2. The maximum atomic E-state index is 11.9. The minimum atomic E-state index is -0.639. The largest absolute Gasteiger partial charge is 0.493 e. The number of carbonyl (C=O) groups is 2. The maximum Gasteiger partial charge on any atom is 0.344 e. The van der Waals surface area contributed by atoms with Gasteiger partial charge in [-0.2, -0.15) is 0 Å². The van der Waals surface area contributed by atoms with Crippen LogP contribution >= 0.6 is 11.6 Å². The van der Waals surface area contributed by atoms with Gasteiger partial charge in [0, 0.05) is 11.6 Å². The second kappa shape index (κ2) is 10.6. The van der Waals surface area contributed by atoms with Crippen LogP contribution in [0.3, 0.4) is 0 Å². The smallest absolute Gasteiger partial charge is 0.344 e. The van der Waals surface area contributed by atoms with E-state index in [4.69, 9.17) is 30.5 Å². The molecule has 8 heteroatoms. The van der Waals surface area contributed by atoms with Gasteiger partial charge in [0.25, 0.3) is 5.91 Å². The van der Waals surface area contributed by atoms with Crippen LogP contribution in [-0.4, -0.2) is 39.3 Å². The first-order valence-electron chi connectivity index (χ1n) is 8.86. The third-order valence-electron chi connectivity index (χ3n) is 4.06. The molecule has 2 aromatic rings. The Labute approximate surface area is 174 Å². The molecule has 2 aromatic carbocycles. The van der Waals surface area contributed by atoms with Crippen molar-refractivity contribution in [3.63, 3.8) is 0 Å². The van der Waals surface area contributed by atoms with Gasteiger partial charge in [0.2, 0.25) is 0 Å². The summed E-state index contributed by atoms with van der Waals surface area (Å²) in [5.41, 5.74) is 2.45. The highest BCUT2D eigenvalue weighted by molar-refractivity contribution is 6.30. The number of esters is 1. The summed E-state index contributed by atoms with van der Waals surface area (Å²) in [6.07, 6.45) is 0. The van der Waals surface area contributed by atoms with Gasteiger partial charge in [-0.05, 0) is 54.8 Å². The fourth-order valence-corrected chi connectivity index (χ4v) is 3.01. The van der Waals surface area contributed by atoms with E-state index in [1.165, 1.54) is 7.11 Å². The molecule has 0 atom stereocenters. The summed E-state index contributed by atoms with van der Waals surface area (Å²) < 4.78 is 20.8. The topological polar surface area (TPSA) is 83.1 Å². The van der Waals surface area contributed by atoms with Crippen LogP contribution in [0, 0.1) is 13.8 Å². The molecule has 29 heavy (non-hydrogen) atoms. The molecule has 0 saturated heterocycles. The summed E-state index contributed by atoms with van der Waals surface area (Å²) in [5, 5.41) is 3.27. The van der Waals surface area contributed by atoms with E-state index in [0.717, 1.165) is 16.7 Å². The van der Waals surface area contributed by atoms with E-state index in [-0.39, 0.29) is 13.2 Å². The van der Waals surface area contributed by atoms with Crippen molar-refractivity contribution in [1.29, 1.82) is 0 Å². The van der Waals surface area contributed by atoms with Gasteiger partial charge in [-0.15, -0.1) is 0 Å². The van der Waals surface area contributed by atoms with E-state index < -0.39 is 18.5 Å². The lowest BCUT2D eigenvalue weighted by Gasteiger charge is -2.12. The minimum Gasteiger partial charge on any atom is -0.493 e. The summed E-state index contributed by atoms with van der Waals surface area (Å²) in [6.45, 7) is 3.24. The molecule has 0 fully saturated rings. The molecule has 0 radical (unpaired) electrons. The Morgan fingerprint density at radius 3 is 2.24 bits per heavy atom. The Bertz CT molecular complexity index is 860. The van der Waals surface area contributed by atoms with E-state index in [2.05, 4.69) is 5.32 Å². The van der Waals surface area contributed by atoms with Crippen molar-refractivity contribution in [1.82, 2.24) is 5.32 Å². The van der Waals surface area contributed by atoms with Gasteiger partial charge < -0.3 is 24.3 Å². The lowest BCUT2D eigenvalue weighted by Crippen LogP contribution is -2.29. The summed E-state index contributed by atoms with van der Waals surface area (Å²) in [4.78, 5) is 23.8. The van der Waals surface area contributed by atoms with Crippen LogP contribution in [0.25, 0.3) is 0 Å². The second-order valence-corrected chi connectivity index (χ2v) is 6.72. The molecule has 0 heterocycles. The zero-order valence-electron chi connectivity index (χ0n) is 16.8. The van der Waals surface area contributed by atoms with E-state index >= 15 is 0 Å². The number of rotatable bonds is 9. The average molecular weight is 422 g/mol. The van der Waals surface area contributed by atoms with Crippen molar-refractivity contribution < 1.29 is 28.5 Å². The van der Waals surface area contributed by atoms with Gasteiger partial charge >= 0.3 is 5.97 Å². The molecule has 0 spiro atoms. The van der Waals surface area contributed by atoms with Crippen LogP contribution in [-0.2, 0) is 20.9 Å². The molecule has 0 aliphatic rings. The van der Waals surface area contributed by atoms with E-state index in [0.29, 0.717) is 22.3 Å². The van der Waals surface area contributed by atoms with Crippen molar-refractivity contribution in [2.24, 2.45) is 0 Å². The van der Waals surface area contributed by atoms with Crippen LogP contribution in [0.2, 0.25) is 5.02 Å². The predicted octanol–water partition coefficient (Wildman–Crippen LogP) is 3.21. The van der Waals surface area contributed by atoms with Crippen LogP contribution in [0.1, 0.15) is 16.7 Å². The Hall–Kier alpha value is -2.93. The average Bonchev–Trinajstić information content (AvgIpc) is 2.69. The Morgan fingerprint density at radius 1 is 0.966 bits per heavy atom. The van der Waals surface area contributed by atoms with Crippen LogP contribution in [0.4, 0.5) is 0 Å². The molecule has 0 aliphatic carbocycles. The molecule has 2 rings (SSSR count). The van der Waals surface area contributed by atoms with E-state index in [1.807, 2.05) is 13.8 Å². The van der Waals surface area contributed by atoms with Gasteiger partial charge in [-0.1, -0.05) is 17.7 Å². The standard InChI is InChI=1S/C21H24ClNO6/c1-13-7-16(22)8-14(2)21(13)29-12-20(25)28-11-19(24)23-10-15-5-6-17(26-3)18(9-15)27-4/h5-9H,10-12H2,1-4H3,(H,23,24). The minimum absolute atomic E-state index is 0.260. The number of halogens is 1. The Balaban J connectivity index is 1.77. The lowest BCUT2D eigenvalue weighted by molar-refractivity contribution is -0.150. The number of aryl methyl sites for hydroxylation is 2. The monoisotopic (exact) mass is 421 g/mol. The number of carbonyl (C=O) groups excluding carboxylic acids is 2. The highest BCUT2D eigenvalue weighted by atomic mass is 35.5. The number of methoxy groups -OCH3 is 2. The fraction of sp³-hybridized carbons (Fsp3) is 0.333. The molecule has 156 valence electrons. The number of amides is 1. The highest BCUT2D eigenvalue weighted by Gasteiger charge is 2.12. The first-order valence-corrected chi connectivity index (χ1v) is 9.24. The van der Waals surface area contributed by atoms with Crippen LogP contribution < -0.4 is 19.5 Å². The summed E-state index contributed by atoms with van der Waals surface area (Å²) in [7, 11) is 3.09. The molecule has 1 N–H and O–H groups in total. The zero-order valence-corrected chi connectivity index (χ0v) is 17.6. The zero-order chi connectivity index (χ0) is 21.4. The van der Waals surface area contributed by atoms with Crippen LogP contribution in [0.5, 0.6) is 17.2 Å². The normalized spacial score (nSPS) is 10.2. The third kappa shape index (κ3) is 6.57. The van der Waals surface area contributed by atoms with Crippen molar-refractivity contribution in [3.8, 4) is 17.2 Å². The quantitative estimate of drug-likeness (QED) is 0.626. The number of hydrogen-bond acceptors (Lipinski definition) is 6. The molecular weight excluding hydrogens is 398 g/mol. The van der Waals surface area contributed by atoms with Crippen LogP contribution in [0.15, 0.2) is 30.3 Å². The van der Waals surface area contributed by atoms with E-state index in [1.54, 1.807) is 37.4 Å². The molecule has 0 aromatic heterocycles. The Kier molecular flexibility index (Phi) is 8.15. The van der Waals surface area contributed by atoms with Gasteiger partial charge in [0.15, 0.2) is 24.7 Å².